The fourth-order valence-corrected chi connectivity index (χ4v) is 5.08. The van der Waals surface area contributed by atoms with Gasteiger partial charge in [0, 0.05) is 31.1 Å². The van der Waals surface area contributed by atoms with Gasteiger partial charge in [-0.2, -0.15) is 0 Å². The van der Waals surface area contributed by atoms with Crippen LogP contribution in [-0.2, 0) is 40.2 Å². The zero-order chi connectivity index (χ0) is 29.7. The molecule has 2 aliphatic rings. The molecule has 2 heterocycles. The molecule has 2 fully saturated rings. The maximum Gasteiger partial charge on any atom is 0.403 e. The molecular formula is C33H50ClN3O4. The molecule has 0 saturated carbocycles. The monoisotopic (exact) mass is 587 g/mol. The number of rotatable bonds is 12. The van der Waals surface area contributed by atoms with Crippen LogP contribution in [0, 0.1) is 0 Å². The van der Waals surface area contributed by atoms with Crippen LogP contribution in [0.25, 0.3) is 0 Å². The van der Waals surface area contributed by atoms with Crippen molar-refractivity contribution in [3.63, 3.8) is 0 Å². The third kappa shape index (κ3) is 15.9. The van der Waals surface area contributed by atoms with Crippen LogP contribution in [0.1, 0.15) is 74.6 Å². The Labute approximate surface area is 252 Å². The van der Waals surface area contributed by atoms with Crippen molar-refractivity contribution >= 4 is 23.0 Å². The minimum atomic E-state index is -0.738. The van der Waals surface area contributed by atoms with Gasteiger partial charge in [-0.25, -0.2) is 4.79 Å². The molecule has 7 nitrogen and oxygen atoms in total. The Morgan fingerprint density at radius 3 is 1.49 bits per heavy atom. The highest BCUT2D eigenvalue weighted by Gasteiger charge is 2.12. The molecule has 2 N–H and O–H groups in total. The van der Waals surface area contributed by atoms with Crippen molar-refractivity contribution < 1.29 is 19.1 Å². The molecule has 0 unspecified atom stereocenters. The minimum Gasteiger partial charge on any atom is -0.466 e. The van der Waals surface area contributed by atoms with Crippen molar-refractivity contribution in [2.45, 2.75) is 78.3 Å². The third-order valence-electron chi connectivity index (χ3n) is 7.10. The van der Waals surface area contributed by atoms with Crippen molar-refractivity contribution in [3.8, 4) is 0 Å². The number of nitrogens with two attached hydrogens (primary N) is 1. The Morgan fingerprint density at radius 2 is 1.12 bits per heavy atom. The van der Waals surface area contributed by atoms with E-state index in [4.69, 9.17) is 22.1 Å². The molecule has 2 aliphatic heterocycles. The number of benzene rings is 2. The molecule has 0 amide bonds. The number of carbonyl (C=O) groups is 2. The van der Waals surface area contributed by atoms with Crippen molar-refractivity contribution in [2.24, 2.45) is 5.73 Å². The molecule has 2 aromatic carbocycles. The molecule has 8 heteroatoms. The lowest BCUT2D eigenvalue weighted by Gasteiger charge is -2.14. The molecule has 0 spiro atoms. The number of aryl methyl sites for hydroxylation is 1. The van der Waals surface area contributed by atoms with Gasteiger partial charge in [0.15, 0.2) is 0 Å². The second-order valence-corrected chi connectivity index (χ2v) is 10.8. The highest BCUT2D eigenvalue weighted by molar-refractivity contribution is 6.61. The van der Waals surface area contributed by atoms with E-state index in [1.165, 1.54) is 74.1 Å². The van der Waals surface area contributed by atoms with Gasteiger partial charge in [-0.15, -0.1) is 0 Å². The molecule has 0 aromatic heterocycles. The summed E-state index contributed by atoms with van der Waals surface area (Å²) in [6.45, 7) is 12.3. The van der Waals surface area contributed by atoms with E-state index in [2.05, 4.69) is 63.1 Å². The SMILES string of the molecule is CCOC(=O)CCCc1ccc(CN2CCCC2)cc1.CCOC(=O)Cl.NCCc1ccc(CN2CCCC2)cc1. The molecule has 228 valence electrons. The quantitative estimate of drug-likeness (QED) is 0.229. The number of carbonyl (C=O) groups excluding carboxylic acids is 2. The first-order valence-corrected chi connectivity index (χ1v) is 15.6. The van der Waals surface area contributed by atoms with Crippen LogP contribution >= 0.6 is 11.6 Å². The number of hydrogen-bond acceptors (Lipinski definition) is 7. The van der Waals surface area contributed by atoms with Crippen LogP contribution in [0.4, 0.5) is 4.79 Å². The summed E-state index contributed by atoms with van der Waals surface area (Å²) in [5.41, 5.74) is 10.3. The number of likely N-dealkylation sites (tertiary alicyclic amines) is 2. The molecule has 41 heavy (non-hydrogen) atoms. The number of hydrogen-bond donors (Lipinski definition) is 1. The summed E-state index contributed by atoms with van der Waals surface area (Å²) < 4.78 is 9.10. The van der Waals surface area contributed by atoms with E-state index in [9.17, 15) is 9.59 Å². The summed E-state index contributed by atoms with van der Waals surface area (Å²) in [6.07, 6.45) is 8.73. The molecule has 0 aliphatic carbocycles. The lowest BCUT2D eigenvalue weighted by atomic mass is 10.1. The fourth-order valence-electron chi connectivity index (χ4n) is 4.97. The van der Waals surface area contributed by atoms with Crippen LogP contribution in [0.2, 0.25) is 0 Å². The summed E-state index contributed by atoms with van der Waals surface area (Å²) in [5.74, 6) is -0.0850. The van der Waals surface area contributed by atoms with Gasteiger partial charge in [-0.3, -0.25) is 14.6 Å². The summed E-state index contributed by atoms with van der Waals surface area (Å²) in [4.78, 5) is 25.9. The second kappa shape index (κ2) is 21.3. The molecule has 2 aromatic rings. The van der Waals surface area contributed by atoms with Gasteiger partial charge in [0.25, 0.3) is 0 Å². The number of nitrogens with zero attached hydrogens (tertiary/aromatic N) is 2. The van der Waals surface area contributed by atoms with Gasteiger partial charge < -0.3 is 15.2 Å². The van der Waals surface area contributed by atoms with E-state index in [0.717, 1.165) is 38.9 Å². The Bertz CT molecular complexity index is 973. The Hall–Kier alpha value is -2.45. The van der Waals surface area contributed by atoms with Crippen LogP contribution in [-0.4, -0.2) is 67.1 Å². The lowest BCUT2D eigenvalue weighted by Crippen LogP contribution is -2.18. The molecule has 0 bridgehead atoms. The molecule has 4 rings (SSSR count). The van der Waals surface area contributed by atoms with Gasteiger partial charge in [-0.1, -0.05) is 48.5 Å². The minimum absolute atomic E-state index is 0.0850. The molecule has 0 radical (unpaired) electrons. The van der Waals surface area contributed by atoms with E-state index in [1.807, 2.05) is 6.92 Å². The second-order valence-electron chi connectivity index (χ2n) is 10.5. The van der Waals surface area contributed by atoms with Gasteiger partial charge in [-0.05, 0) is 114 Å². The Morgan fingerprint density at radius 1 is 0.707 bits per heavy atom. The first-order chi connectivity index (χ1) is 19.9. The van der Waals surface area contributed by atoms with Crippen LogP contribution in [0.15, 0.2) is 48.5 Å². The predicted molar refractivity (Wildman–Crippen MR) is 167 cm³/mol. The Balaban J connectivity index is 0.000000246. The molecule has 2 saturated heterocycles. The highest BCUT2D eigenvalue weighted by Crippen LogP contribution is 2.15. The van der Waals surface area contributed by atoms with Crippen molar-refractivity contribution in [3.05, 3.63) is 70.8 Å². The number of ether oxygens (including phenoxy) is 2. The number of esters is 1. The van der Waals surface area contributed by atoms with Crippen molar-refractivity contribution in [1.82, 2.24) is 9.80 Å². The zero-order valence-corrected chi connectivity index (χ0v) is 25.9. The first kappa shape index (κ1) is 34.7. The average Bonchev–Trinajstić information content (AvgIpc) is 3.67. The third-order valence-corrected chi connectivity index (χ3v) is 7.21. The number of halogens is 1. The van der Waals surface area contributed by atoms with Gasteiger partial charge in [0.1, 0.15) is 0 Å². The summed E-state index contributed by atoms with van der Waals surface area (Å²) in [6, 6.07) is 17.7. The predicted octanol–water partition coefficient (Wildman–Crippen LogP) is 6.33. The van der Waals surface area contributed by atoms with Crippen LogP contribution < -0.4 is 5.73 Å². The van der Waals surface area contributed by atoms with Gasteiger partial charge >= 0.3 is 11.4 Å². The zero-order valence-electron chi connectivity index (χ0n) is 25.1. The van der Waals surface area contributed by atoms with E-state index < -0.39 is 5.43 Å². The van der Waals surface area contributed by atoms with E-state index in [1.54, 1.807) is 6.92 Å². The van der Waals surface area contributed by atoms with Gasteiger partial charge in [0.05, 0.1) is 13.2 Å². The smallest absolute Gasteiger partial charge is 0.403 e. The summed E-state index contributed by atoms with van der Waals surface area (Å²) in [7, 11) is 0. The van der Waals surface area contributed by atoms with E-state index in [0.29, 0.717) is 19.6 Å². The first-order valence-electron chi connectivity index (χ1n) is 15.2. The van der Waals surface area contributed by atoms with Gasteiger partial charge in [0.2, 0.25) is 0 Å². The van der Waals surface area contributed by atoms with Crippen LogP contribution in [0.3, 0.4) is 0 Å². The van der Waals surface area contributed by atoms with E-state index >= 15 is 0 Å². The average molecular weight is 588 g/mol. The maximum absolute atomic E-state index is 11.3. The van der Waals surface area contributed by atoms with Crippen molar-refractivity contribution in [2.75, 3.05) is 45.9 Å². The Kier molecular flexibility index (Phi) is 18.0. The maximum atomic E-state index is 11.3. The summed E-state index contributed by atoms with van der Waals surface area (Å²) >= 11 is 4.72. The lowest BCUT2D eigenvalue weighted by molar-refractivity contribution is -0.143. The topological polar surface area (TPSA) is 85.1 Å². The van der Waals surface area contributed by atoms with Crippen LogP contribution in [0.5, 0.6) is 0 Å². The standard InChI is InChI=1S/C17H25NO2.C13H20N2.C3H5ClO2/c1-2-20-17(19)7-5-6-15-8-10-16(11-9-15)14-18-12-3-4-13-18;14-8-7-12-3-5-13(6-4-12)11-15-9-1-2-10-15;1-2-6-3(4)5/h8-11H,2-7,12-14H2,1H3;3-6H,1-2,7-11,14H2;2H2,1H3. The summed E-state index contributed by atoms with van der Waals surface area (Å²) in [5, 5.41) is 0. The molecule has 0 atom stereocenters. The van der Waals surface area contributed by atoms with Crippen molar-refractivity contribution in [1.29, 1.82) is 0 Å². The normalized spacial score (nSPS) is 14.9. The largest absolute Gasteiger partial charge is 0.466 e. The molecular weight excluding hydrogens is 538 g/mol. The highest BCUT2D eigenvalue weighted by atomic mass is 35.5. The van der Waals surface area contributed by atoms with E-state index in [-0.39, 0.29) is 5.97 Å². The fraction of sp³-hybridized carbons (Fsp3) is 0.576.